The van der Waals surface area contributed by atoms with Gasteiger partial charge >= 0.3 is 0 Å². The highest BCUT2D eigenvalue weighted by atomic mass is 35.5. The van der Waals surface area contributed by atoms with Gasteiger partial charge in [-0.3, -0.25) is 0 Å². The Balaban J connectivity index is 0.00000256. The number of halogens is 3. The summed E-state index contributed by atoms with van der Waals surface area (Å²) in [7, 11) is 0. The summed E-state index contributed by atoms with van der Waals surface area (Å²) in [5.41, 5.74) is 1.08. The molecule has 2 nitrogen and oxygen atoms in total. The molecule has 0 heterocycles. The zero-order valence-corrected chi connectivity index (χ0v) is 12.1. The Morgan fingerprint density at radius 3 is 2.71 bits per heavy atom. The average molecular weight is 299 g/mol. The largest absolute Gasteiger partial charge is 0.395 e. The Morgan fingerprint density at radius 2 is 2.06 bits per heavy atom. The van der Waals surface area contributed by atoms with Gasteiger partial charge < -0.3 is 10.4 Å². The van der Waals surface area contributed by atoms with Crippen molar-refractivity contribution in [3.8, 4) is 0 Å². The van der Waals surface area contributed by atoms with E-state index in [9.17, 15) is 0 Å². The molecule has 1 atom stereocenters. The number of nitrogens with one attached hydrogen (secondary N) is 1. The van der Waals surface area contributed by atoms with Crippen LogP contribution in [0.1, 0.15) is 18.9 Å². The number of aliphatic hydroxyl groups is 1. The van der Waals surface area contributed by atoms with E-state index in [1.807, 2.05) is 19.1 Å². The molecule has 0 amide bonds. The third kappa shape index (κ3) is 5.94. The second-order valence-corrected chi connectivity index (χ2v) is 4.64. The van der Waals surface area contributed by atoms with Crippen molar-refractivity contribution in [1.82, 2.24) is 5.32 Å². The molecule has 5 heteroatoms. The molecule has 0 aliphatic carbocycles. The van der Waals surface area contributed by atoms with Gasteiger partial charge in [-0.2, -0.15) is 0 Å². The van der Waals surface area contributed by atoms with E-state index in [4.69, 9.17) is 28.3 Å². The lowest BCUT2D eigenvalue weighted by atomic mass is 10.1. The van der Waals surface area contributed by atoms with Crippen molar-refractivity contribution >= 4 is 35.6 Å². The molecule has 1 rings (SSSR count). The summed E-state index contributed by atoms with van der Waals surface area (Å²) in [4.78, 5) is 0. The van der Waals surface area contributed by atoms with Crippen molar-refractivity contribution in [3.63, 3.8) is 0 Å². The second-order valence-electron chi connectivity index (χ2n) is 3.85. The van der Waals surface area contributed by atoms with Gasteiger partial charge in [-0.05, 0) is 37.9 Å². The predicted octanol–water partition coefficient (Wildman–Crippen LogP) is 3.32. The first-order valence-electron chi connectivity index (χ1n) is 5.42. The van der Waals surface area contributed by atoms with Crippen molar-refractivity contribution in [2.45, 2.75) is 25.8 Å². The fraction of sp³-hybridized carbons (Fsp3) is 0.500. The quantitative estimate of drug-likeness (QED) is 0.790. The monoisotopic (exact) mass is 297 g/mol. The summed E-state index contributed by atoms with van der Waals surface area (Å²) in [6, 6.07) is 5.84. The summed E-state index contributed by atoms with van der Waals surface area (Å²) in [6.45, 7) is 2.98. The lowest BCUT2D eigenvalue weighted by molar-refractivity contribution is 0.251. The van der Waals surface area contributed by atoms with Crippen LogP contribution < -0.4 is 5.32 Å². The molecule has 0 radical (unpaired) electrons. The van der Waals surface area contributed by atoms with Crippen molar-refractivity contribution in [2.75, 3.05) is 13.2 Å². The van der Waals surface area contributed by atoms with E-state index in [1.54, 1.807) is 6.07 Å². The fourth-order valence-corrected chi connectivity index (χ4v) is 1.85. The Morgan fingerprint density at radius 1 is 1.35 bits per heavy atom. The molecule has 1 unspecified atom stereocenters. The van der Waals surface area contributed by atoms with Crippen LogP contribution in [0.5, 0.6) is 0 Å². The normalized spacial score (nSPS) is 12.0. The van der Waals surface area contributed by atoms with Gasteiger partial charge in [0.2, 0.25) is 0 Å². The molecule has 0 fully saturated rings. The Labute approximate surface area is 119 Å². The highest BCUT2D eigenvalue weighted by molar-refractivity contribution is 6.42. The van der Waals surface area contributed by atoms with Crippen LogP contribution in [0.2, 0.25) is 10.0 Å². The van der Waals surface area contributed by atoms with E-state index in [0.29, 0.717) is 10.0 Å². The van der Waals surface area contributed by atoms with Gasteiger partial charge in [0.05, 0.1) is 16.7 Å². The predicted molar refractivity (Wildman–Crippen MR) is 76.6 cm³/mol. The van der Waals surface area contributed by atoms with E-state index < -0.39 is 0 Å². The Bertz CT molecular complexity index is 334. The summed E-state index contributed by atoms with van der Waals surface area (Å²) in [5.74, 6) is 0. The van der Waals surface area contributed by atoms with E-state index in [1.165, 1.54) is 0 Å². The molecule has 0 aliphatic rings. The van der Waals surface area contributed by atoms with Crippen molar-refractivity contribution in [2.24, 2.45) is 0 Å². The van der Waals surface area contributed by atoms with E-state index >= 15 is 0 Å². The maximum absolute atomic E-state index is 8.83. The van der Waals surface area contributed by atoms with Crippen molar-refractivity contribution in [3.05, 3.63) is 33.8 Å². The van der Waals surface area contributed by atoms with E-state index in [-0.39, 0.29) is 25.1 Å². The van der Waals surface area contributed by atoms with Crippen LogP contribution >= 0.6 is 35.6 Å². The van der Waals surface area contributed by atoms with Gasteiger partial charge in [-0.15, -0.1) is 12.4 Å². The van der Waals surface area contributed by atoms with Gasteiger partial charge in [0.1, 0.15) is 0 Å². The number of hydrogen-bond acceptors (Lipinski definition) is 2. The molecule has 1 aromatic rings. The van der Waals surface area contributed by atoms with Crippen LogP contribution in [0, 0.1) is 0 Å². The minimum absolute atomic E-state index is 0. The first-order valence-corrected chi connectivity index (χ1v) is 6.18. The van der Waals surface area contributed by atoms with Crippen molar-refractivity contribution in [1.29, 1.82) is 0 Å². The third-order valence-corrected chi connectivity index (χ3v) is 3.28. The van der Waals surface area contributed by atoms with E-state index in [2.05, 4.69) is 5.32 Å². The number of aryl methyl sites for hydroxylation is 1. The molecule has 17 heavy (non-hydrogen) atoms. The van der Waals surface area contributed by atoms with Gasteiger partial charge in [-0.1, -0.05) is 35.3 Å². The minimum Gasteiger partial charge on any atom is -0.395 e. The first kappa shape index (κ1) is 17.0. The molecule has 0 spiro atoms. The van der Waals surface area contributed by atoms with Crippen LogP contribution in [-0.2, 0) is 6.42 Å². The molecular weight excluding hydrogens is 280 g/mol. The van der Waals surface area contributed by atoms with Crippen LogP contribution in [0.15, 0.2) is 18.2 Å². The topological polar surface area (TPSA) is 32.3 Å². The van der Waals surface area contributed by atoms with Crippen LogP contribution in [0.4, 0.5) is 0 Å². The summed E-state index contributed by atoms with van der Waals surface area (Å²) in [5, 5.41) is 13.3. The molecule has 98 valence electrons. The maximum Gasteiger partial charge on any atom is 0.0624 e. The average Bonchev–Trinajstić information content (AvgIpc) is 2.29. The summed E-state index contributed by atoms with van der Waals surface area (Å²) < 4.78 is 0. The molecule has 2 N–H and O–H groups in total. The number of rotatable bonds is 6. The van der Waals surface area contributed by atoms with E-state index in [0.717, 1.165) is 24.9 Å². The third-order valence-electron chi connectivity index (χ3n) is 2.42. The number of aliphatic hydroxyl groups excluding tert-OH is 1. The van der Waals surface area contributed by atoms with Crippen LogP contribution in [0.25, 0.3) is 0 Å². The SMILES string of the molecule is CC(CO)NCCCc1cccc(Cl)c1Cl.Cl. The zero-order chi connectivity index (χ0) is 12.0. The first-order chi connectivity index (χ1) is 7.65. The maximum atomic E-state index is 8.83. The Kier molecular flexibility index (Phi) is 9.01. The molecule has 0 aromatic heterocycles. The molecule has 1 aromatic carbocycles. The highest BCUT2D eigenvalue weighted by Crippen LogP contribution is 2.26. The second kappa shape index (κ2) is 9.01. The fourth-order valence-electron chi connectivity index (χ4n) is 1.43. The number of hydrogen-bond donors (Lipinski definition) is 2. The summed E-state index contributed by atoms with van der Waals surface area (Å²) >= 11 is 12.0. The standard InChI is InChI=1S/C12H17Cl2NO.ClH/c1-9(8-16)15-7-3-5-10-4-2-6-11(13)12(10)14;/h2,4,6,9,15-16H,3,5,7-8H2,1H3;1H. The molecule has 0 aliphatic heterocycles. The Hall–Kier alpha value is 0.01000. The highest BCUT2D eigenvalue weighted by Gasteiger charge is 2.04. The van der Waals surface area contributed by atoms with Gasteiger partial charge in [0.15, 0.2) is 0 Å². The molecule has 0 saturated carbocycles. The minimum atomic E-state index is 0. The van der Waals surface area contributed by atoms with Gasteiger partial charge in [0.25, 0.3) is 0 Å². The lowest BCUT2D eigenvalue weighted by Crippen LogP contribution is -2.30. The zero-order valence-electron chi connectivity index (χ0n) is 9.75. The molecular formula is C12H18Cl3NO. The van der Waals surface area contributed by atoms with Crippen LogP contribution in [0.3, 0.4) is 0 Å². The lowest BCUT2D eigenvalue weighted by Gasteiger charge is -2.10. The number of benzene rings is 1. The molecule has 0 bridgehead atoms. The molecule has 0 saturated heterocycles. The smallest absolute Gasteiger partial charge is 0.0624 e. The van der Waals surface area contributed by atoms with Crippen molar-refractivity contribution < 1.29 is 5.11 Å². The summed E-state index contributed by atoms with van der Waals surface area (Å²) in [6.07, 6.45) is 1.87. The van der Waals surface area contributed by atoms with Gasteiger partial charge in [-0.25, -0.2) is 0 Å². The van der Waals surface area contributed by atoms with Crippen LogP contribution in [-0.4, -0.2) is 24.3 Å². The van der Waals surface area contributed by atoms with Gasteiger partial charge in [0, 0.05) is 6.04 Å².